The van der Waals surface area contributed by atoms with Crippen LogP contribution in [0.2, 0.25) is 0 Å². The second-order valence-corrected chi connectivity index (χ2v) is 5.83. The lowest BCUT2D eigenvalue weighted by Crippen LogP contribution is -2.46. The molecule has 7 nitrogen and oxygen atoms in total. The molecule has 7 heteroatoms. The highest BCUT2D eigenvalue weighted by atomic mass is 16.2. The zero-order chi connectivity index (χ0) is 16.0. The molecule has 1 atom stereocenters. The van der Waals surface area contributed by atoms with Crippen LogP contribution in [-0.2, 0) is 16.1 Å². The normalized spacial score (nSPS) is 12.5. The van der Waals surface area contributed by atoms with Gasteiger partial charge in [0.1, 0.15) is 5.82 Å². The number of nitrogens with one attached hydrogen (secondary N) is 2. The van der Waals surface area contributed by atoms with Crippen molar-refractivity contribution in [2.45, 2.75) is 40.3 Å². The van der Waals surface area contributed by atoms with E-state index in [1.165, 1.54) is 0 Å². The van der Waals surface area contributed by atoms with E-state index in [0.717, 1.165) is 0 Å². The van der Waals surface area contributed by atoms with E-state index in [1.807, 2.05) is 13.8 Å². The van der Waals surface area contributed by atoms with Crippen molar-refractivity contribution in [2.24, 2.45) is 17.6 Å². The van der Waals surface area contributed by atoms with Gasteiger partial charge in [0.25, 0.3) is 0 Å². The van der Waals surface area contributed by atoms with Crippen LogP contribution < -0.4 is 16.4 Å². The Bertz CT molecular complexity index is 481. The molecular formula is C14H25N5O2. The van der Waals surface area contributed by atoms with E-state index >= 15 is 0 Å². The molecular weight excluding hydrogens is 270 g/mol. The molecule has 1 heterocycles. The zero-order valence-electron chi connectivity index (χ0n) is 13.1. The smallest absolute Gasteiger partial charge is 0.244 e. The molecule has 21 heavy (non-hydrogen) atoms. The average Bonchev–Trinajstić information content (AvgIpc) is 2.81. The van der Waals surface area contributed by atoms with E-state index in [-0.39, 0.29) is 24.3 Å². The van der Waals surface area contributed by atoms with Crippen LogP contribution in [-0.4, -0.2) is 34.2 Å². The van der Waals surface area contributed by atoms with Gasteiger partial charge in [-0.3, -0.25) is 9.59 Å². The molecule has 0 spiro atoms. The van der Waals surface area contributed by atoms with Gasteiger partial charge in [0.05, 0.1) is 18.8 Å². The SMILES string of the molecule is CC(C)Cn1nccc1NC(=O)CNC(=O)[C@@H](N)C(C)C. The van der Waals surface area contributed by atoms with Crippen LogP contribution in [0.4, 0.5) is 5.82 Å². The molecule has 0 saturated heterocycles. The van der Waals surface area contributed by atoms with Crippen LogP contribution in [0.5, 0.6) is 0 Å². The predicted molar refractivity (Wildman–Crippen MR) is 81.5 cm³/mol. The second-order valence-electron chi connectivity index (χ2n) is 5.83. The van der Waals surface area contributed by atoms with Crippen LogP contribution in [0.3, 0.4) is 0 Å². The molecule has 0 fully saturated rings. The van der Waals surface area contributed by atoms with Gasteiger partial charge in [0.2, 0.25) is 11.8 Å². The highest BCUT2D eigenvalue weighted by Crippen LogP contribution is 2.08. The minimum absolute atomic E-state index is 0.0283. The molecule has 0 aliphatic heterocycles. The number of hydrogen-bond acceptors (Lipinski definition) is 4. The molecule has 0 aliphatic rings. The largest absolute Gasteiger partial charge is 0.346 e. The first-order valence-corrected chi connectivity index (χ1v) is 7.16. The van der Waals surface area contributed by atoms with Gasteiger partial charge in [0, 0.05) is 12.6 Å². The van der Waals surface area contributed by atoms with E-state index in [2.05, 4.69) is 29.6 Å². The standard InChI is InChI=1S/C14H25N5O2/c1-9(2)8-19-11(5-6-17-19)18-12(20)7-16-14(21)13(15)10(3)4/h5-6,9-10,13H,7-8,15H2,1-4H3,(H,16,21)(H,18,20)/t13-/m0/s1. The summed E-state index contributed by atoms with van der Waals surface area (Å²) < 4.78 is 1.73. The third kappa shape index (κ3) is 5.55. The third-order valence-corrected chi connectivity index (χ3v) is 2.97. The Morgan fingerprint density at radius 1 is 1.33 bits per heavy atom. The maximum atomic E-state index is 11.8. The van der Waals surface area contributed by atoms with Crippen molar-refractivity contribution >= 4 is 17.6 Å². The summed E-state index contributed by atoms with van der Waals surface area (Å²) in [5.41, 5.74) is 5.70. The molecule has 1 aromatic heterocycles. The fourth-order valence-electron chi connectivity index (χ4n) is 1.71. The number of nitrogens with zero attached hydrogens (tertiary/aromatic N) is 2. The quantitative estimate of drug-likeness (QED) is 0.684. The highest BCUT2D eigenvalue weighted by Gasteiger charge is 2.18. The lowest BCUT2D eigenvalue weighted by atomic mass is 10.1. The van der Waals surface area contributed by atoms with Crippen molar-refractivity contribution < 1.29 is 9.59 Å². The molecule has 1 aromatic rings. The summed E-state index contributed by atoms with van der Waals surface area (Å²) in [7, 11) is 0. The first-order chi connectivity index (χ1) is 9.81. The minimum atomic E-state index is -0.607. The van der Waals surface area contributed by atoms with Crippen molar-refractivity contribution in [2.75, 3.05) is 11.9 Å². The van der Waals surface area contributed by atoms with E-state index < -0.39 is 6.04 Å². The van der Waals surface area contributed by atoms with E-state index in [0.29, 0.717) is 18.3 Å². The minimum Gasteiger partial charge on any atom is -0.346 e. The molecule has 0 radical (unpaired) electrons. The first kappa shape index (κ1) is 17.2. The number of nitrogens with two attached hydrogens (primary N) is 1. The Labute approximate surface area is 125 Å². The Hall–Kier alpha value is -1.89. The molecule has 0 aliphatic carbocycles. The Morgan fingerprint density at radius 3 is 2.57 bits per heavy atom. The van der Waals surface area contributed by atoms with Crippen LogP contribution >= 0.6 is 0 Å². The van der Waals surface area contributed by atoms with Gasteiger partial charge in [-0.1, -0.05) is 27.7 Å². The zero-order valence-corrected chi connectivity index (χ0v) is 13.1. The molecule has 0 bridgehead atoms. The number of hydrogen-bond donors (Lipinski definition) is 3. The topological polar surface area (TPSA) is 102 Å². The molecule has 0 saturated carbocycles. The molecule has 0 unspecified atom stereocenters. The number of carbonyl (C=O) groups excluding carboxylic acids is 2. The summed E-state index contributed by atoms with van der Waals surface area (Å²) in [5, 5.41) is 9.41. The Balaban J connectivity index is 2.48. The Morgan fingerprint density at radius 2 is 2.00 bits per heavy atom. The fraction of sp³-hybridized carbons (Fsp3) is 0.643. The Kier molecular flexibility index (Phi) is 6.36. The number of anilines is 1. The summed E-state index contributed by atoms with van der Waals surface area (Å²) in [6.45, 7) is 8.46. The summed E-state index contributed by atoms with van der Waals surface area (Å²) in [6, 6.07) is 1.12. The summed E-state index contributed by atoms with van der Waals surface area (Å²) in [4.78, 5) is 23.5. The van der Waals surface area contributed by atoms with Crippen LogP contribution in [0, 0.1) is 11.8 Å². The maximum absolute atomic E-state index is 11.8. The third-order valence-electron chi connectivity index (χ3n) is 2.97. The lowest BCUT2D eigenvalue weighted by molar-refractivity contribution is -0.125. The van der Waals surface area contributed by atoms with Gasteiger partial charge in [-0.25, -0.2) is 4.68 Å². The van der Waals surface area contributed by atoms with E-state index in [9.17, 15) is 9.59 Å². The van der Waals surface area contributed by atoms with Gasteiger partial charge >= 0.3 is 0 Å². The second kappa shape index (κ2) is 7.78. The molecule has 0 aromatic carbocycles. The van der Waals surface area contributed by atoms with Crippen molar-refractivity contribution in [1.82, 2.24) is 15.1 Å². The summed E-state index contributed by atoms with van der Waals surface area (Å²) in [6.07, 6.45) is 1.63. The number of carbonyl (C=O) groups is 2. The van der Waals surface area contributed by atoms with Gasteiger partial charge in [0.15, 0.2) is 0 Å². The van der Waals surface area contributed by atoms with Crippen LogP contribution in [0.15, 0.2) is 12.3 Å². The average molecular weight is 295 g/mol. The maximum Gasteiger partial charge on any atom is 0.244 e. The first-order valence-electron chi connectivity index (χ1n) is 7.16. The van der Waals surface area contributed by atoms with Crippen molar-refractivity contribution in [1.29, 1.82) is 0 Å². The molecule has 1 rings (SSSR count). The van der Waals surface area contributed by atoms with Gasteiger partial charge in [-0.2, -0.15) is 5.10 Å². The fourth-order valence-corrected chi connectivity index (χ4v) is 1.71. The van der Waals surface area contributed by atoms with Gasteiger partial charge in [-0.15, -0.1) is 0 Å². The van der Waals surface area contributed by atoms with Crippen molar-refractivity contribution in [3.05, 3.63) is 12.3 Å². The number of aromatic nitrogens is 2. The van der Waals surface area contributed by atoms with Crippen LogP contribution in [0.25, 0.3) is 0 Å². The number of amides is 2. The molecule has 118 valence electrons. The molecule has 4 N–H and O–H groups in total. The van der Waals surface area contributed by atoms with Crippen molar-refractivity contribution in [3.8, 4) is 0 Å². The summed E-state index contributed by atoms with van der Waals surface area (Å²) >= 11 is 0. The predicted octanol–water partition coefficient (Wildman–Crippen LogP) is 0.577. The van der Waals surface area contributed by atoms with E-state index in [1.54, 1.807) is 16.9 Å². The van der Waals surface area contributed by atoms with Gasteiger partial charge in [-0.05, 0) is 11.8 Å². The van der Waals surface area contributed by atoms with E-state index in [4.69, 9.17) is 5.73 Å². The van der Waals surface area contributed by atoms with Crippen molar-refractivity contribution in [3.63, 3.8) is 0 Å². The van der Waals surface area contributed by atoms with Gasteiger partial charge < -0.3 is 16.4 Å². The molecule has 2 amide bonds. The highest BCUT2D eigenvalue weighted by molar-refractivity contribution is 5.94. The van der Waals surface area contributed by atoms with Crippen LogP contribution in [0.1, 0.15) is 27.7 Å². The summed E-state index contributed by atoms with van der Waals surface area (Å²) in [5.74, 6) is 0.446. The lowest BCUT2D eigenvalue weighted by Gasteiger charge is -2.15. The number of rotatable bonds is 7. The monoisotopic (exact) mass is 295 g/mol.